The Morgan fingerprint density at radius 1 is 1.09 bits per heavy atom. The van der Waals surface area contributed by atoms with Crippen molar-refractivity contribution >= 4 is 51.6 Å². The maximum atomic E-state index is 15.1. The molecule has 9 heteroatoms. The van der Waals surface area contributed by atoms with E-state index in [2.05, 4.69) is 9.84 Å². The number of carbonyl (C=O) groups is 2. The zero-order valence-electron chi connectivity index (χ0n) is 19.4. The molecule has 6 nitrogen and oxygen atoms in total. The first-order valence-electron chi connectivity index (χ1n) is 10.6. The van der Waals surface area contributed by atoms with Crippen LogP contribution in [-0.4, -0.2) is 52.8 Å². The highest BCUT2D eigenvalue weighted by Gasteiger charge is 2.24. The summed E-state index contributed by atoms with van der Waals surface area (Å²) in [5, 5.41) is 5.34. The summed E-state index contributed by atoms with van der Waals surface area (Å²) >= 11 is 11.9. The average Bonchev–Trinajstić information content (AvgIpc) is 3.21. The number of esters is 1. The number of aryl methyl sites for hydroxylation is 1. The van der Waals surface area contributed by atoms with E-state index in [1.54, 1.807) is 48.2 Å². The van der Waals surface area contributed by atoms with Crippen LogP contribution in [0.5, 0.6) is 0 Å². The quantitative estimate of drug-likeness (QED) is 0.267. The maximum Gasteiger partial charge on any atom is 0.337 e. The number of thiocarbonyl (C=S) groups is 1. The second-order valence-corrected chi connectivity index (χ2v) is 8.91. The van der Waals surface area contributed by atoms with Crippen molar-refractivity contribution < 1.29 is 18.7 Å². The summed E-state index contributed by atoms with van der Waals surface area (Å²) in [7, 11) is 4.87. The number of ether oxygens (including phenoxy) is 1. The number of rotatable bonds is 4. The molecule has 3 aromatic carbocycles. The van der Waals surface area contributed by atoms with Crippen molar-refractivity contribution in [2.45, 2.75) is 6.92 Å². The molecule has 0 aliphatic rings. The third kappa shape index (κ3) is 4.42. The van der Waals surface area contributed by atoms with Gasteiger partial charge in [-0.3, -0.25) is 4.79 Å². The summed E-state index contributed by atoms with van der Waals surface area (Å²) in [5.74, 6) is -1.78. The van der Waals surface area contributed by atoms with Crippen molar-refractivity contribution in [3.05, 3.63) is 87.7 Å². The van der Waals surface area contributed by atoms with Gasteiger partial charge >= 0.3 is 5.97 Å². The molecule has 0 unspecified atom stereocenters. The van der Waals surface area contributed by atoms with Crippen molar-refractivity contribution in [2.75, 3.05) is 21.2 Å². The Kier molecular flexibility index (Phi) is 6.69. The third-order valence-corrected chi connectivity index (χ3v) is 6.52. The monoisotopic (exact) mass is 509 g/mol. The van der Waals surface area contributed by atoms with Gasteiger partial charge in [-0.15, -0.1) is 0 Å². The van der Waals surface area contributed by atoms with E-state index in [4.69, 9.17) is 23.8 Å². The zero-order valence-corrected chi connectivity index (χ0v) is 21.0. The fourth-order valence-electron chi connectivity index (χ4n) is 3.82. The lowest BCUT2D eigenvalue weighted by Crippen LogP contribution is -2.20. The minimum Gasteiger partial charge on any atom is -0.465 e. The maximum absolute atomic E-state index is 15.1. The number of benzene rings is 3. The largest absolute Gasteiger partial charge is 0.465 e. The first-order valence-corrected chi connectivity index (χ1v) is 11.3. The third-order valence-electron chi connectivity index (χ3n) is 5.61. The van der Waals surface area contributed by atoms with Crippen molar-refractivity contribution in [3.8, 4) is 11.3 Å². The molecule has 4 rings (SSSR count). The zero-order chi connectivity index (χ0) is 25.4. The molecule has 0 bridgehead atoms. The van der Waals surface area contributed by atoms with Crippen LogP contribution in [0.3, 0.4) is 0 Å². The molecular weight excluding hydrogens is 489 g/mol. The molecule has 0 fully saturated rings. The van der Waals surface area contributed by atoms with Crippen LogP contribution in [0, 0.1) is 12.7 Å². The van der Waals surface area contributed by atoms with Crippen LogP contribution < -0.4 is 0 Å². The van der Waals surface area contributed by atoms with Gasteiger partial charge in [0.1, 0.15) is 16.5 Å². The minimum absolute atomic E-state index is 0.0684. The first kappa shape index (κ1) is 24.5. The van der Waals surface area contributed by atoms with E-state index in [9.17, 15) is 9.59 Å². The van der Waals surface area contributed by atoms with Gasteiger partial charge in [0.15, 0.2) is 0 Å². The van der Waals surface area contributed by atoms with Crippen LogP contribution >= 0.6 is 23.8 Å². The topological polar surface area (TPSA) is 64.4 Å². The molecular formula is C26H21ClFN3O3S. The summed E-state index contributed by atoms with van der Waals surface area (Å²) in [6.07, 6.45) is 0. The number of methoxy groups -OCH3 is 1. The van der Waals surface area contributed by atoms with Crippen molar-refractivity contribution in [1.29, 1.82) is 0 Å². The Labute approximate surface area is 211 Å². The molecule has 0 aliphatic heterocycles. The van der Waals surface area contributed by atoms with Crippen molar-refractivity contribution in [2.24, 2.45) is 0 Å². The summed E-state index contributed by atoms with van der Waals surface area (Å²) < 4.78 is 21.0. The SMILES string of the molecule is COC(=O)c1ccc(-c2nn(C(=O)c3c(C)cccc3Cl)c3cc(C(=S)N(C)C)ccc23)c(F)c1. The number of nitrogens with zero attached hydrogens (tertiary/aromatic N) is 3. The normalized spacial score (nSPS) is 10.9. The molecule has 1 heterocycles. The molecule has 0 amide bonds. The number of hydrogen-bond donors (Lipinski definition) is 0. The van der Waals surface area contributed by atoms with Crippen LogP contribution in [0.4, 0.5) is 4.39 Å². The van der Waals surface area contributed by atoms with Crippen LogP contribution in [0.15, 0.2) is 54.6 Å². The Hall–Kier alpha value is -3.62. The highest BCUT2D eigenvalue weighted by molar-refractivity contribution is 7.80. The Balaban J connectivity index is 1.98. The molecule has 0 saturated heterocycles. The number of carbonyl (C=O) groups excluding carboxylic acids is 2. The Morgan fingerprint density at radius 2 is 1.80 bits per heavy atom. The lowest BCUT2D eigenvalue weighted by Gasteiger charge is -2.14. The lowest BCUT2D eigenvalue weighted by atomic mass is 10.0. The Bertz CT molecular complexity index is 1490. The molecule has 4 aromatic rings. The van der Waals surface area contributed by atoms with Gasteiger partial charge in [0.25, 0.3) is 5.91 Å². The number of halogens is 2. The first-order chi connectivity index (χ1) is 16.6. The fourth-order valence-corrected chi connectivity index (χ4v) is 4.25. The predicted molar refractivity (Wildman–Crippen MR) is 138 cm³/mol. The van der Waals surface area contributed by atoms with Gasteiger partial charge < -0.3 is 9.64 Å². The van der Waals surface area contributed by atoms with E-state index >= 15 is 4.39 Å². The van der Waals surface area contributed by atoms with Crippen LogP contribution in [0.2, 0.25) is 5.02 Å². The summed E-state index contributed by atoms with van der Waals surface area (Å²) in [5.41, 5.74) is 2.58. The molecule has 0 N–H and O–H groups in total. The summed E-state index contributed by atoms with van der Waals surface area (Å²) in [4.78, 5) is 27.8. The summed E-state index contributed by atoms with van der Waals surface area (Å²) in [6, 6.07) is 14.4. The average molecular weight is 510 g/mol. The van der Waals surface area contributed by atoms with Gasteiger partial charge in [-0.2, -0.15) is 9.78 Å². The highest BCUT2D eigenvalue weighted by Crippen LogP contribution is 2.33. The fraction of sp³-hybridized carbons (Fsp3) is 0.154. The molecule has 35 heavy (non-hydrogen) atoms. The lowest BCUT2D eigenvalue weighted by molar-refractivity contribution is 0.0600. The van der Waals surface area contributed by atoms with Gasteiger partial charge in [0.2, 0.25) is 0 Å². The standard InChI is InChI=1S/C26H21ClFN3O3S/c1-14-6-5-7-19(27)22(14)24(32)31-21-13-15(25(35)30(2)3)8-11-18(21)23(29-31)17-10-9-16(12-20(17)28)26(33)34-4/h5-13H,1-4H3. The molecule has 0 radical (unpaired) electrons. The van der Waals surface area contributed by atoms with E-state index in [1.807, 2.05) is 14.1 Å². The number of aromatic nitrogens is 2. The molecule has 178 valence electrons. The van der Waals surface area contributed by atoms with E-state index in [-0.39, 0.29) is 21.8 Å². The second kappa shape index (κ2) is 9.56. The smallest absolute Gasteiger partial charge is 0.337 e. The molecule has 0 saturated carbocycles. The van der Waals surface area contributed by atoms with Gasteiger partial charge in [0, 0.05) is 30.6 Å². The van der Waals surface area contributed by atoms with Crippen LogP contribution in [0.1, 0.15) is 31.8 Å². The van der Waals surface area contributed by atoms with Crippen molar-refractivity contribution in [1.82, 2.24) is 14.7 Å². The van der Waals surface area contributed by atoms with Gasteiger partial charge in [0.05, 0.1) is 28.8 Å². The van der Waals surface area contributed by atoms with Crippen LogP contribution in [0.25, 0.3) is 22.2 Å². The van der Waals surface area contributed by atoms with Gasteiger partial charge in [-0.1, -0.05) is 42.0 Å². The molecule has 0 spiro atoms. The van der Waals surface area contributed by atoms with E-state index < -0.39 is 17.7 Å². The number of hydrogen-bond acceptors (Lipinski definition) is 5. The second-order valence-electron chi connectivity index (χ2n) is 8.12. The molecule has 0 atom stereocenters. The van der Waals surface area contributed by atoms with E-state index in [1.165, 1.54) is 23.9 Å². The van der Waals surface area contributed by atoms with Crippen molar-refractivity contribution in [3.63, 3.8) is 0 Å². The number of fused-ring (bicyclic) bond motifs is 1. The molecule has 1 aromatic heterocycles. The van der Waals surface area contributed by atoms with E-state index in [0.717, 1.165) is 6.07 Å². The van der Waals surface area contributed by atoms with Gasteiger partial charge in [-0.05, 0) is 48.9 Å². The van der Waals surface area contributed by atoms with E-state index in [0.29, 0.717) is 32.6 Å². The predicted octanol–water partition coefficient (Wildman–Crippen LogP) is 5.52. The van der Waals surface area contributed by atoms with Gasteiger partial charge in [-0.25, -0.2) is 9.18 Å². The Morgan fingerprint density at radius 3 is 2.43 bits per heavy atom. The highest BCUT2D eigenvalue weighted by atomic mass is 35.5. The molecule has 0 aliphatic carbocycles. The summed E-state index contributed by atoms with van der Waals surface area (Å²) in [6.45, 7) is 1.78. The minimum atomic E-state index is -0.672. The van der Waals surface area contributed by atoms with Crippen LogP contribution in [-0.2, 0) is 4.74 Å².